The minimum absolute atomic E-state index is 0. The van der Waals surface area contributed by atoms with Crippen LogP contribution in [0.3, 0.4) is 0 Å². The summed E-state index contributed by atoms with van der Waals surface area (Å²) in [6.45, 7) is 3.14. The number of amides is 1. The number of benzene rings is 1. The van der Waals surface area contributed by atoms with Crippen LogP contribution < -0.4 is 16.0 Å². The van der Waals surface area contributed by atoms with Gasteiger partial charge in [0.15, 0.2) is 5.96 Å². The molecule has 3 N–H and O–H groups in total. The van der Waals surface area contributed by atoms with Crippen LogP contribution in [0.1, 0.15) is 43.7 Å². The first-order valence-electron chi connectivity index (χ1n) is 9.20. The number of hydrogen-bond donors (Lipinski definition) is 3. The zero-order valence-electron chi connectivity index (χ0n) is 16.2. The van der Waals surface area contributed by atoms with E-state index in [0.717, 1.165) is 31.7 Å². The second-order valence-electron chi connectivity index (χ2n) is 6.84. The molecule has 1 aromatic rings. The second kappa shape index (κ2) is 10.9. The third kappa shape index (κ3) is 6.52. The van der Waals surface area contributed by atoms with Crippen LogP contribution in [0.15, 0.2) is 29.3 Å². The van der Waals surface area contributed by atoms with Gasteiger partial charge in [-0.2, -0.15) is 13.2 Å². The van der Waals surface area contributed by atoms with Gasteiger partial charge in [-0.25, -0.2) is 0 Å². The van der Waals surface area contributed by atoms with Crippen molar-refractivity contribution in [3.63, 3.8) is 0 Å². The summed E-state index contributed by atoms with van der Waals surface area (Å²) >= 11 is 0. The Hall–Kier alpha value is -1.52. The first-order valence-corrected chi connectivity index (χ1v) is 9.20. The number of alkyl halides is 3. The summed E-state index contributed by atoms with van der Waals surface area (Å²) in [5.41, 5.74) is -0.280. The monoisotopic (exact) mass is 512 g/mol. The van der Waals surface area contributed by atoms with Crippen molar-refractivity contribution < 1.29 is 18.0 Å². The van der Waals surface area contributed by atoms with Crippen LogP contribution >= 0.6 is 24.0 Å². The lowest BCUT2D eigenvalue weighted by molar-refractivity contribution is -0.137. The van der Waals surface area contributed by atoms with Crippen LogP contribution in [0.2, 0.25) is 0 Å². The molecule has 1 aliphatic rings. The quantitative estimate of drug-likeness (QED) is 0.298. The molecule has 0 unspecified atom stereocenters. The molecular formula is C19H28F3IN4O. The molecule has 1 aliphatic carbocycles. The average molecular weight is 512 g/mol. The summed E-state index contributed by atoms with van der Waals surface area (Å²) in [5.74, 6) is 0.330. The number of rotatable bonds is 7. The van der Waals surface area contributed by atoms with Crippen LogP contribution in [-0.4, -0.2) is 38.5 Å². The molecular weight excluding hydrogens is 484 g/mol. The Labute approximate surface area is 181 Å². The van der Waals surface area contributed by atoms with Gasteiger partial charge in [-0.05, 0) is 30.9 Å². The number of nitrogens with zero attached hydrogens (tertiary/aromatic N) is 1. The first-order chi connectivity index (χ1) is 12.8. The van der Waals surface area contributed by atoms with Gasteiger partial charge in [0.25, 0.3) is 0 Å². The van der Waals surface area contributed by atoms with E-state index in [1.54, 1.807) is 13.1 Å². The second-order valence-corrected chi connectivity index (χ2v) is 6.84. The van der Waals surface area contributed by atoms with Crippen molar-refractivity contribution in [3.8, 4) is 0 Å². The molecule has 1 saturated carbocycles. The predicted molar refractivity (Wildman–Crippen MR) is 115 cm³/mol. The molecule has 1 amide bonds. The number of carbonyl (C=O) groups is 1. The summed E-state index contributed by atoms with van der Waals surface area (Å²) in [6, 6.07) is 5.56. The van der Waals surface area contributed by atoms with E-state index in [9.17, 15) is 18.0 Å². The highest BCUT2D eigenvalue weighted by Crippen LogP contribution is 2.44. The van der Waals surface area contributed by atoms with Gasteiger partial charge in [0, 0.05) is 25.6 Å². The van der Waals surface area contributed by atoms with E-state index >= 15 is 0 Å². The summed E-state index contributed by atoms with van der Waals surface area (Å²) in [7, 11) is 1.59. The largest absolute Gasteiger partial charge is 0.416 e. The lowest BCUT2D eigenvalue weighted by Crippen LogP contribution is -2.50. The van der Waals surface area contributed by atoms with Gasteiger partial charge in [-0.1, -0.05) is 31.5 Å². The van der Waals surface area contributed by atoms with Gasteiger partial charge in [-0.15, -0.1) is 24.0 Å². The van der Waals surface area contributed by atoms with Gasteiger partial charge in [0.2, 0.25) is 5.91 Å². The minimum atomic E-state index is -4.35. The number of nitrogens with one attached hydrogen (secondary N) is 3. The van der Waals surface area contributed by atoms with Gasteiger partial charge in [0.1, 0.15) is 0 Å². The highest BCUT2D eigenvalue weighted by atomic mass is 127. The summed E-state index contributed by atoms with van der Waals surface area (Å²) in [5, 5.41) is 8.85. The highest BCUT2D eigenvalue weighted by molar-refractivity contribution is 14.0. The molecule has 0 aliphatic heterocycles. The Balaban J connectivity index is 0.00000392. The van der Waals surface area contributed by atoms with Gasteiger partial charge < -0.3 is 16.0 Å². The molecule has 1 fully saturated rings. The van der Waals surface area contributed by atoms with Crippen molar-refractivity contribution in [2.45, 2.75) is 44.2 Å². The SMILES string of the molecule is CCCNC(=O)CNC(=NC)NCC1(c2cccc(C(F)(F)F)c2)CCC1.I. The Morgan fingerprint density at radius 1 is 1.21 bits per heavy atom. The first kappa shape index (κ1) is 24.5. The molecule has 0 spiro atoms. The molecule has 158 valence electrons. The normalized spacial score (nSPS) is 15.8. The lowest BCUT2D eigenvalue weighted by Gasteiger charge is -2.43. The highest BCUT2D eigenvalue weighted by Gasteiger charge is 2.40. The smallest absolute Gasteiger partial charge is 0.356 e. The molecule has 9 heteroatoms. The number of guanidine groups is 1. The molecule has 5 nitrogen and oxygen atoms in total. The van der Waals surface area contributed by atoms with Crippen molar-refractivity contribution in [1.29, 1.82) is 0 Å². The van der Waals surface area contributed by atoms with Gasteiger partial charge >= 0.3 is 6.18 Å². The Kier molecular flexibility index (Phi) is 9.52. The van der Waals surface area contributed by atoms with Crippen molar-refractivity contribution in [1.82, 2.24) is 16.0 Å². The molecule has 0 bridgehead atoms. The Morgan fingerprint density at radius 3 is 2.46 bits per heavy atom. The number of carbonyl (C=O) groups excluding carboxylic acids is 1. The van der Waals surface area contributed by atoms with Crippen LogP contribution in [0.5, 0.6) is 0 Å². The minimum Gasteiger partial charge on any atom is -0.356 e. The number of halogens is 4. The molecule has 0 heterocycles. The van der Waals surface area contributed by atoms with E-state index in [4.69, 9.17) is 0 Å². The summed E-state index contributed by atoms with van der Waals surface area (Å²) in [4.78, 5) is 15.8. The number of hydrogen-bond acceptors (Lipinski definition) is 2. The van der Waals surface area contributed by atoms with Crippen molar-refractivity contribution in [2.75, 3.05) is 26.7 Å². The zero-order valence-corrected chi connectivity index (χ0v) is 18.5. The summed E-state index contributed by atoms with van der Waals surface area (Å²) in [6.07, 6.45) is -0.885. The standard InChI is InChI=1S/C19H27F3N4O.HI/c1-3-10-24-16(27)12-25-17(23-2)26-13-18(8-5-9-18)14-6-4-7-15(11-14)19(20,21)22;/h4,6-7,11H,3,5,8-10,12-13H2,1-2H3,(H,24,27)(H2,23,25,26);1H. The zero-order chi connectivity index (χ0) is 19.9. The third-order valence-corrected chi connectivity index (χ3v) is 4.92. The van der Waals surface area contributed by atoms with E-state index in [1.165, 1.54) is 12.1 Å². The van der Waals surface area contributed by atoms with E-state index < -0.39 is 11.7 Å². The van der Waals surface area contributed by atoms with Gasteiger partial charge in [-0.3, -0.25) is 9.79 Å². The van der Waals surface area contributed by atoms with Crippen LogP contribution in [-0.2, 0) is 16.4 Å². The maximum atomic E-state index is 13.0. The lowest BCUT2D eigenvalue weighted by atomic mass is 9.64. The molecule has 0 atom stereocenters. The molecule has 1 aromatic carbocycles. The van der Waals surface area contributed by atoms with E-state index in [1.807, 2.05) is 6.92 Å². The predicted octanol–water partition coefficient (Wildman–Crippen LogP) is 3.44. The molecule has 2 rings (SSSR count). The van der Waals surface area contributed by atoms with Crippen molar-refractivity contribution in [3.05, 3.63) is 35.4 Å². The van der Waals surface area contributed by atoms with Gasteiger partial charge in [0.05, 0.1) is 12.1 Å². The fraction of sp³-hybridized carbons (Fsp3) is 0.579. The maximum absolute atomic E-state index is 13.0. The molecule has 0 aromatic heterocycles. The van der Waals surface area contributed by atoms with E-state index in [-0.39, 0.29) is 41.8 Å². The Bertz CT molecular complexity index is 675. The summed E-state index contributed by atoms with van der Waals surface area (Å²) < 4.78 is 39.1. The number of aliphatic imine (C=N–C) groups is 1. The average Bonchev–Trinajstić information content (AvgIpc) is 2.61. The maximum Gasteiger partial charge on any atom is 0.416 e. The fourth-order valence-electron chi connectivity index (χ4n) is 3.16. The Morgan fingerprint density at radius 2 is 1.93 bits per heavy atom. The third-order valence-electron chi connectivity index (χ3n) is 4.92. The van der Waals surface area contributed by atoms with Crippen LogP contribution in [0.4, 0.5) is 13.2 Å². The molecule has 28 heavy (non-hydrogen) atoms. The topological polar surface area (TPSA) is 65.5 Å². The van der Waals surface area contributed by atoms with Crippen LogP contribution in [0, 0.1) is 0 Å². The van der Waals surface area contributed by atoms with E-state index in [2.05, 4.69) is 20.9 Å². The molecule has 0 saturated heterocycles. The van der Waals surface area contributed by atoms with Crippen molar-refractivity contribution in [2.24, 2.45) is 4.99 Å². The van der Waals surface area contributed by atoms with E-state index in [0.29, 0.717) is 24.6 Å². The van der Waals surface area contributed by atoms with Crippen LogP contribution in [0.25, 0.3) is 0 Å². The fourth-order valence-corrected chi connectivity index (χ4v) is 3.16. The molecule has 0 radical (unpaired) electrons. The van der Waals surface area contributed by atoms with Crippen molar-refractivity contribution >= 4 is 35.8 Å².